The van der Waals surface area contributed by atoms with Crippen LogP contribution in [0.15, 0.2) is 48.5 Å². The number of amides is 1. The number of phenols is 1. The number of carbonyl (C=O) groups is 1. The molecule has 0 heterocycles. The van der Waals surface area contributed by atoms with Crippen molar-refractivity contribution < 1.29 is 19.4 Å². The van der Waals surface area contributed by atoms with Crippen molar-refractivity contribution in [2.75, 3.05) is 0 Å². The van der Waals surface area contributed by atoms with Gasteiger partial charge in [0.2, 0.25) is 5.91 Å². The average Bonchev–Trinajstić information content (AvgIpc) is 2.54. The Morgan fingerprint density at radius 2 is 1.92 bits per heavy atom. The van der Waals surface area contributed by atoms with E-state index in [9.17, 15) is 19.4 Å². The maximum atomic E-state index is 13.1. The van der Waals surface area contributed by atoms with Gasteiger partial charge < -0.3 is 15.5 Å². The van der Waals surface area contributed by atoms with Crippen molar-refractivity contribution in [3.05, 3.63) is 65.5 Å². The fourth-order valence-electron chi connectivity index (χ4n) is 2.46. The van der Waals surface area contributed by atoms with Crippen LogP contribution in [0.5, 0.6) is 5.75 Å². The third-order valence-corrected chi connectivity index (χ3v) is 3.82. The van der Waals surface area contributed by atoms with Crippen LogP contribution in [0.25, 0.3) is 0 Å². The lowest BCUT2D eigenvalue weighted by Gasteiger charge is -2.16. The Morgan fingerprint density at radius 1 is 1.21 bits per heavy atom. The van der Waals surface area contributed by atoms with E-state index in [1.54, 1.807) is 18.2 Å². The Kier molecular flexibility index (Phi) is 6.32. The molecule has 4 nitrogen and oxygen atoms in total. The minimum absolute atomic E-state index is 0.0500. The quantitative estimate of drug-likeness (QED) is 0.730. The van der Waals surface area contributed by atoms with E-state index < -0.39 is 11.9 Å². The Hall–Kier alpha value is -2.40. The lowest BCUT2D eigenvalue weighted by atomic mass is 10.0. The normalized spacial score (nSPS) is 13.3. The summed E-state index contributed by atoms with van der Waals surface area (Å²) < 4.78 is 13.1. The number of phenolic OH excluding ortho intramolecular Hbond substituents is 1. The van der Waals surface area contributed by atoms with E-state index in [0.717, 1.165) is 18.4 Å². The van der Waals surface area contributed by atoms with Gasteiger partial charge in [-0.25, -0.2) is 4.39 Å². The van der Waals surface area contributed by atoms with Crippen molar-refractivity contribution in [3.8, 4) is 5.75 Å². The Labute approximate surface area is 141 Å². The molecular weight excluding hydrogens is 309 g/mol. The van der Waals surface area contributed by atoms with Crippen molar-refractivity contribution in [3.63, 3.8) is 0 Å². The molecule has 0 saturated heterocycles. The highest BCUT2D eigenvalue weighted by molar-refractivity contribution is 5.76. The van der Waals surface area contributed by atoms with Crippen LogP contribution >= 0.6 is 0 Å². The fraction of sp³-hybridized carbons (Fsp3) is 0.316. The van der Waals surface area contributed by atoms with Crippen LogP contribution in [0, 0.1) is 5.82 Å². The molecule has 0 aliphatic rings. The highest BCUT2D eigenvalue weighted by Crippen LogP contribution is 2.17. The molecule has 1 amide bonds. The van der Waals surface area contributed by atoms with Crippen molar-refractivity contribution in [1.82, 2.24) is 5.32 Å². The number of benzene rings is 2. The molecule has 2 aromatic carbocycles. The molecule has 0 aromatic heterocycles. The summed E-state index contributed by atoms with van der Waals surface area (Å²) in [6.45, 7) is 1.90. The zero-order valence-electron chi connectivity index (χ0n) is 13.6. The van der Waals surface area contributed by atoms with Crippen LogP contribution in [0.2, 0.25) is 0 Å². The van der Waals surface area contributed by atoms with Gasteiger partial charge in [0.25, 0.3) is 0 Å². The molecule has 0 fully saturated rings. The van der Waals surface area contributed by atoms with Crippen molar-refractivity contribution in [2.24, 2.45) is 0 Å². The maximum Gasteiger partial charge on any atom is 0.223 e. The van der Waals surface area contributed by atoms with E-state index in [0.29, 0.717) is 5.56 Å². The van der Waals surface area contributed by atoms with Crippen molar-refractivity contribution >= 4 is 5.91 Å². The average molecular weight is 331 g/mol. The highest BCUT2D eigenvalue weighted by Gasteiger charge is 2.15. The van der Waals surface area contributed by atoms with Crippen LogP contribution in [-0.2, 0) is 11.2 Å². The molecule has 2 unspecified atom stereocenters. The van der Waals surface area contributed by atoms with Gasteiger partial charge in [0.05, 0.1) is 12.5 Å². The smallest absolute Gasteiger partial charge is 0.223 e. The van der Waals surface area contributed by atoms with Crippen LogP contribution in [0.1, 0.15) is 37.0 Å². The second kappa shape index (κ2) is 8.45. The van der Waals surface area contributed by atoms with Gasteiger partial charge in [-0.1, -0.05) is 24.3 Å². The summed E-state index contributed by atoms with van der Waals surface area (Å²) in [7, 11) is 0. The SMILES string of the molecule is CC(CCc1ccc(O)cc1)NC(=O)CC(O)c1cccc(F)c1. The van der Waals surface area contributed by atoms with E-state index >= 15 is 0 Å². The summed E-state index contributed by atoms with van der Waals surface area (Å²) in [6.07, 6.45) is 0.387. The number of aliphatic hydroxyl groups excluding tert-OH is 1. The molecule has 128 valence electrons. The number of carbonyl (C=O) groups excluding carboxylic acids is 1. The van der Waals surface area contributed by atoms with Gasteiger partial charge in [0.1, 0.15) is 11.6 Å². The second-order valence-electron chi connectivity index (χ2n) is 5.95. The molecule has 5 heteroatoms. The molecular formula is C19H22FNO3. The molecule has 24 heavy (non-hydrogen) atoms. The predicted octanol–water partition coefficient (Wildman–Crippen LogP) is 3.09. The maximum absolute atomic E-state index is 13.1. The molecule has 0 spiro atoms. The topological polar surface area (TPSA) is 69.6 Å². The van der Waals surface area contributed by atoms with Crippen LogP contribution in [0.3, 0.4) is 0 Å². The minimum Gasteiger partial charge on any atom is -0.508 e. The van der Waals surface area contributed by atoms with Crippen LogP contribution < -0.4 is 5.32 Å². The number of hydrogen-bond acceptors (Lipinski definition) is 3. The third kappa shape index (κ3) is 5.66. The molecule has 2 rings (SSSR count). The highest BCUT2D eigenvalue weighted by atomic mass is 19.1. The lowest BCUT2D eigenvalue weighted by molar-refractivity contribution is -0.123. The molecule has 2 atom stereocenters. The molecule has 0 aliphatic heterocycles. The number of aryl methyl sites for hydroxylation is 1. The van der Waals surface area contributed by atoms with E-state index in [4.69, 9.17) is 0 Å². The van der Waals surface area contributed by atoms with E-state index in [-0.39, 0.29) is 24.1 Å². The van der Waals surface area contributed by atoms with Crippen molar-refractivity contribution in [1.29, 1.82) is 0 Å². The predicted molar refractivity (Wildman–Crippen MR) is 90.0 cm³/mol. The van der Waals surface area contributed by atoms with Crippen LogP contribution in [0.4, 0.5) is 4.39 Å². The number of nitrogens with one attached hydrogen (secondary N) is 1. The summed E-state index contributed by atoms with van der Waals surface area (Å²) in [5.41, 5.74) is 1.47. The largest absolute Gasteiger partial charge is 0.508 e. The zero-order valence-corrected chi connectivity index (χ0v) is 13.6. The first-order valence-electron chi connectivity index (χ1n) is 7.95. The Balaban J connectivity index is 1.77. The summed E-state index contributed by atoms with van der Waals surface area (Å²) >= 11 is 0. The minimum atomic E-state index is -1.02. The number of aromatic hydroxyl groups is 1. The molecule has 2 aromatic rings. The fourth-order valence-corrected chi connectivity index (χ4v) is 2.46. The molecule has 3 N–H and O–H groups in total. The van der Waals surface area contributed by atoms with E-state index in [1.807, 2.05) is 19.1 Å². The number of aliphatic hydroxyl groups is 1. The number of hydrogen-bond donors (Lipinski definition) is 3. The van der Waals surface area contributed by atoms with Gasteiger partial charge >= 0.3 is 0 Å². The van der Waals surface area contributed by atoms with Gasteiger partial charge in [0, 0.05) is 6.04 Å². The first kappa shape index (κ1) is 17.9. The number of rotatable bonds is 7. The zero-order chi connectivity index (χ0) is 17.5. The second-order valence-corrected chi connectivity index (χ2v) is 5.95. The van der Waals surface area contributed by atoms with Gasteiger partial charge in [-0.3, -0.25) is 4.79 Å². The standard InChI is InChI=1S/C19H22FNO3/c1-13(5-6-14-7-9-17(22)10-8-14)21-19(24)12-18(23)15-3-2-4-16(20)11-15/h2-4,7-11,13,18,22-23H,5-6,12H2,1H3,(H,21,24). The summed E-state index contributed by atoms with van der Waals surface area (Å²) in [6, 6.07) is 12.5. The number of halogens is 1. The van der Waals surface area contributed by atoms with E-state index in [1.165, 1.54) is 18.2 Å². The van der Waals surface area contributed by atoms with E-state index in [2.05, 4.69) is 5.32 Å². The van der Waals surface area contributed by atoms with Gasteiger partial charge in [-0.2, -0.15) is 0 Å². The first-order valence-corrected chi connectivity index (χ1v) is 7.95. The molecule has 0 bridgehead atoms. The molecule has 0 saturated carbocycles. The summed E-state index contributed by atoms with van der Waals surface area (Å²) in [5.74, 6) is -0.481. The first-order chi connectivity index (χ1) is 11.4. The molecule has 0 aliphatic carbocycles. The summed E-state index contributed by atoms with van der Waals surface area (Å²) in [5, 5.41) is 22.1. The monoisotopic (exact) mass is 331 g/mol. The Morgan fingerprint density at radius 3 is 2.58 bits per heavy atom. The molecule has 0 radical (unpaired) electrons. The van der Waals surface area contributed by atoms with Crippen molar-refractivity contribution in [2.45, 2.75) is 38.3 Å². The Bertz CT molecular complexity index is 673. The van der Waals surface area contributed by atoms with Gasteiger partial charge in [-0.05, 0) is 55.2 Å². The van der Waals surface area contributed by atoms with Gasteiger partial charge in [-0.15, -0.1) is 0 Å². The van der Waals surface area contributed by atoms with Gasteiger partial charge in [0.15, 0.2) is 0 Å². The third-order valence-electron chi connectivity index (χ3n) is 3.82. The summed E-state index contributed by atoms with van der Waals surface area (Å²) in [4.78, 5) is 12.0. The van der Waals surface area contributed by atoms with Crippen LogP contribution in [-0.4, -0.2) is 22.2 Å². The lowest BCUT2D eigenvalue weighted by Crippen LogP contribution is -2.33.